The van der Waals surface area contributed by atoms with Crippen LogP contribution in [0.1, 0.15) is 66.2 Å². The fraction of sp³-hybridized carbons (Fsp3) is 1.00. The highest BCUT2D eigenvalue weighted by Crippen LogP contribution is 2.35. The van der Waals surface area contributed by atoms with Crippen LogP contribution < -0.4 is 5.73 Å². The van der Waals surface area contributed by atoms with Gasteiger partial charge in [-0.1, -0.05) is 34.1 Å². The van der Waals surface area contributed by atoms with Crippen molar-refractivity contribution in [1.82, 2.24) is 0 Å². The van der Waals surface area contributed by atoms with Crippen LogP contribution in [-0.2, 0) is 4.74 Å². The Bertz CT molecular complexity index is 217. The molecule has 1 aliphatic carbocycles. The van der Waals surface area contributed by atoms with Crippen molar-refractivity contribution in [2.75, 3.05) is 6.61 Å². The lowest BCUT2D eigenvalue weighted by atomic mass is 9.75. The Hall–Kier alpha value is -0.0800. The summed E-state index contributed by atoms with van der Waals surface area (Å²) in [7, 11) is 0. The lowest BCUT2D eigenvalue weighted by molar-refractivity contribution is -0.0396. The van der Waals surface area contributed by atoms with Gasteiger partial charge in [-0.3, -0.25) is 0 Å². The molecule has 2 nitrogen and oxygen atoms in total. The Morgan fingerprint density at radius 2 is 2.00 bits per heavy atom. The number of hydrogen-bond donors (Lipinski definition) is 1. The molecule has 0 radical (unpaired) electrons. The largest absolute Gasteiger partial charge is 0.378 e. The van der Waals surface area contributed by atoms with Crippen LogP contribution >= 0.6 is 0 Å². The minimum absolute atomic E-state index is 0.361. The van der Waals surface area contributed by atoms with E-state index in [-0.39, 0.29) is 0 Å². The molecule has 1 fully saturated rings. The Morgan fingerprint density at radius 1 is 1.28 bits per heavy atom. The number of rotatable bonds is 7. The third-order valence-corrected chi connectivity index (χ3v) is 4.54. The number of ether oxygens (including phenoxy) is 1. The van der Waals surface area contributed by atoms with E-state index >= 15 is 0 Å². The first-order valence-corrected chi connectivity index (χ1v) is 7.91. The summed E-state index contributed by atoms with van der Waals surface area (Å²) in [6.07, 6.45) is 7.77. The predicted molar refractivity (Wildman–Crippen MR) is 78.6 cm³/mol. The van der Waals surface area contributed by atoms with Crippen molar-refractivity contribution in [3.05, 3.63) is 0 Å². The molecule has 4 unspecified atom stereocenters. The standard InChI is InChI=1S/C16H33NO/c1-5-14(17)7-6-10-18-16-11-13(4)8-9-15(16)12(2)3/h12-16H,5-11,17H2,1-4H3. The molecule has 0 saturated heterocycles. The van der Waals surface area contributed by atoms with Crippen LogP contribution in [0.15, 0.2) is 0 Å². The molecule has 0 aromatic carbocycles. The maximum absolute atomic E-state index is 6.17. The average Bonchev–Trinajstić information content (AvgIpc) is 2.34. The second kappa shape index (κ2) is 8.16. The molecule has 0 spiro atoms. The molecule has 0 heterocycles. The topological polar surface area (TPSA) is 35.2 Å². The Morgan fingerprint density at radius 3 is 2.61 bits per heavy atom. The van der Waals surface area contributed by atoms with Crippen LogP contribution in [0, 0.1) is 17.8 Å². The van der Waals surface area contributed by atoms with Gasteiger partial charge in [0.15, 0.2) is 0 Å². The molecule has 1 rings (SSSR count). The van der Waals surface area contributed by atoms with Crippen LogP contribution in [0.25, 0.3) is 0 Å². The highest BCUT2D eigenvalue weighted by atomic mass is 16.5. The van der Waals surface area contributed by atoms with Crippen LogP contribution in [0.2, 0.25) is 0 Å². The van der Waals surface area contributed by atoms with E-state index in [1.165, 1.54) is 19.3 Å². The molecule has 108 valence electrons. The summed E-state index contributed by atoms with van der Waals surface area (Å²) in [6.45, 7) is 10.1. The van der Waals surface area contributed by atoms with Crippen molar-refractivity contribution in [1.29, 1.82) is 0 Å². The molecular formula is C16H33NO. The monoisotopic (exact) mass is 255 g/mol. The van der Waals surface area contributed by atoms with Gasteiger partial charge in [-0.05, 0) is 49.9 Å². The fourth-order valence-electron chi connectivity index (χ4n) is 3.09. The lowest BCUT2D eigenvalue weighted by Gasteiger charge is -2.37. The number of hydrogen-bond acceptors (Lipinski definition) is 2. The van der Waals surface area contributed by atoms with Gasteiger partial charge >= 0.3 is 0 Å². The van der Waals surface area contributed by atoms with Gasteiger partial charge in [0.25, 0.3) is 0 Å². The van der Waals surface area contributed by atoms with Crippen molar-refractivity contribution >= 4 is 0 Å². The van der Waals surface area contributed by atoms with Crippen molar-refractivity contribution in [3.8, 4) is 0 Å². The normalized spacial score (nSPS) is 30.7. The summed E-state index contributed by atoms with van der Waals surface area (Å²) in [5.41, 5.74) is 5.93. The molecule has 2 heteroatoms. The van der Waals surface area contributed by atoms with E-state index in [0.717, 1.165) is 43.6 Å². The second-order valence-electron chi connectivity index (χ2n) is 6.55. The SMILES string of the molecule is CCC(N)CCCOC1CC(C)CCC1C(C)C. The molecule has 1 aliphatic rings. The maximum atomic E-state index is 6.17. The summed E-state index contributed by atoms with van der Waals surface area (Å²) in [5.74, 6) is 2.35. The summed E-state index contributed by atoms with van der Waals surface area (Å²) >= 11 is 0. The van der Waals surface area contributed by atoms with Crippen molar-refractivity contribution in [2.24, 2.45) is 23.5 Å². The molecule has 0 aliphatic heterocycles. The van der Waals surface area contributed by atoms with E-state index < -0.39 is 0 Å². The summed E-state index contributed by atoms with van der Waals surface area (Å²) in [4.78, 5) is 0. The molecule has 2 N–H and O–H groups in total. The Kier molecular flexibility index (Phi) is 7.25. The molecule has 1 saturated carbocycles. The van der Waals surface area contributed by atoms with Gasteiger partial charge in [0.05, 0.1) is 6.10 Å². The highest BCUT2D eigenvalue weighted by molar-refractivity contribution is 4.81. The first-order valence-electron chi connectivity index (χ1n) is 7.91. The zero-order valence-corrected chi connectivity index (χ0v) is 12.8. The third-order valence-electron chi connectivity index (χ3n) is 4.54. The van der Waals surface area contributed by atoms with Gasteiger partial charge in [-0.15, -0.1) is 0 Å². The van der Waals surface area contributed by atoms with E-state index in [1.807, 2.05) is 0 Å². The maximum Gasteiger partial charge on any atom is 0.0608 e. The molecular weight excluding hydrogens is 222 g/mol. The van der Waals surface area contributed by atoms with E-state index in [4.69, 9.17) is 10.5 Å². The summed E-state index contributed by atoms with van der Waals surface area (Å²) in [6, 6.07) is 0.361. The summed E-state index contributed by atoms with van der Waals surface area (Å²) in [5, 5.41) is 0. The molecule has 18 heavy (non-hydrogen) atoms. The summed E-state index contributed by atoms with van der Waals surface area (Å²) < 4.78 is 6.17. The molecule has 0 aromatic rings. The van der Waals surface area contributed by atoms with Crippen molar-refractivity contribution < 1.29 is 4.74 Å². The Balaban J connectivity index is 2.28. The van der Waals surface area contributed by atoms with Gasteiger partial charge in [0.2, 0.25) is 0 Å². The third kappa shape index (κ3) is 5.27. The highest BCUT2D eigenvalue weighted by Gasteiger charge is 2.31. The first kappa shape index (κ1) is 16.0. The van der Waals surface area contributed by atoms with E-state index in [0.29, 0.717) is 12.1 Å². The fourth-order valence-corrected chi connectivity index (χ4v) is 3.09. The minimum atomic E-state index is 0.361. The molecule has 0 amide bonds. The first-order chi connectivity index (χ1) is 8.54. The van der Waals surface area contributed by atoms with Gasteiger partial charge in [-0.2, -0.15) is 0 Å². The Labute approximate surface area is 114 Å². The van der Waals surface area contributed by atoms with Crippen LogP contribution in [0.5, 0.6) is 0 Å². The quantitative estimate of drug-likeness (QED) is 0.698. The molecule has 0 bridgehead atoms. The van der Waals surface area contributed by atoms with Gasteiger partial charge < -0.3 is 10.5 Å². The minimum Gasteiger partial charge on any atom is -0.378 e. The van der Waals surface area contributed by atoms with E-state index in [2.05, 4.69) is 27.7 Å². The molecule has 0 aromatic heterocycles. The smallest absolute Gasteiger partial charge is 0.0608 e. The van der Waals surface area contributed by atoms with Gasteiger partial charge in [0, 0.05) is 12.6 Å². The van der Waals surface area contributed by atoms with Crippen LogP contribution in [0.3, 0.4) is 0 Å². The predicted octanol–water partition coefficient (Wildman–Crippen LogP) is 3.98. The van der Waals surface area contributed by atoms with Crippen molar-refractivity contribution in [3.63, 3.8) is 0 Å². The zero-order chi connectivity index (χ0) is 13.5. The average molecular weight is 255 g/mol. The van der Waals surface area contributed by atoms with Crippen molar-refractivity contribution in [2.45, 2.75) is 78.4 Å². The van der Waals surface area contributed by atoms with Gasteiger partial charge in [0.1, 0.15) is 0 Å². The van der Waals surface area contributed by atoms with Crippen LogP contribution in [0.4, 0.5) is 0 Å². The second-order valence-corrected chi connectivity index (χ2v) is 6.55. The van der Waals surface area contributed by atoms with E-state index in [9.17, 15) is 0 Å². The van der Waals surface area contributed by atoms with Gasteiger partial charge in [-0.25, -0.2) is 0 Å². The lowest BCUT2D eigenvalue weighted by Crippen LogP contribution is -2.34. The zero-order valence-electron chi connectivity index (χ0n) is 12.8. The van der Waals surface area contributed by atoms with E-state index in [1.54, 1.807) is 0 Å². The van der Waals surface area contributed by atoms with Crippen LogP contribution in [-0.4, -0.2) is 18.8 Å². The molecule has 4 atom stereocenters. The number of nitrogens with two attached hydrogens (primary N) is 1.